The second-order valence-electron chi connectivity index (χ2n) is 5.18. The molecule has 0 aromatic heterocycles. The van der Waals surface area contributed by atoms with Gasteiger partial charge < -0.3 is 15.7 Å². The molecule has 2 rings (SSSR count). The number of hydrogen-bond donors (Lipinski definition) is 2. The van der Waals surface area contributed by atoms with Crippen molar-refractivity contribution in [3.63, 3.8) is 0 Å². The normalized spacial score (nSPS) is 19.0. The molecule has 0 saturated heterocycles. The molecule has 1 aromatic carbocycles. The van der Waals surface area contributed by atoms with E-state index in [9.17, 15) is 14.7 Å². The molecule has 5 nitrogen and oxygen atoms in total. The molecular weight excluding hydrogens is 288 g/mol. The van der Waals surface area contributed by atoms with Crippen LogP contribution in [0.25, 0.3) is 0 Å². The van der Waals surface area contributed by atoms with E-state index in [1.807, 2.05) is 30.5 Å². The Morgan fingerprint density at radius 2 is 2.10 bits per heavy atom. The molecule has 21 heavy (non-hydrogen) atoms. The number of aliphatic carboxylic acids is 1. The molecule has 0 radical (unpaired) electrons. The monoisotopic (exact) mass is 308 g/mol. The molecular formula is C15H20N2O3S. The van der Waals surface area contributed by atoms with E-state index in [4.69, 9.17) is 5.73 Å². The van der Waals surface area contributed by atoms with Crippen LogP contribution in [0.3, 0.4) is 0 Å². The van der Waals surface area contributed by atoms with Crippen LogP contribution in [-0.4, -0.2) is 46.0 Å². The van der Waals surface area contributed by atoms with E-state index in [2.05, 4.69) is 0 Å². The molecule has 1 heterocycles. The maximum absolute atomic E-state index is 12.5. The predicted octanol–water partition coefficient (Wildman–Crippen LogP) is 1.10. The number of amides is 1. The number of fused-ring (bicyclic) bond motifs is 1. The lowest BCUT2D eigenvalue weighted by atomic mass is 9.93. The Labute approximate surface area is 128 Å². The largest absolute Gasteiger partial charge is 0.480 e. The van der Waals surface area contributed by atoms with E-state index in [0.717, 1.165) is 16.9 Å². The SMILES string of the molecule is CSCC[C@H](N)C(=O)N1Cc2ccccc2CC1C(=O)O. The highest BCUT2D eigenvalue weighted by atomic mass is 32.2. The maximum Gasteiger partial charge on any atom is 0.326 e. The molecule has 0 bridgehead atoms. The average molecular weight is 308 g/mol. The van der Waals surface area contributed by atoms with Gasteiger partial charge in [0.1, 0.15) is 6.04 Å². The topological polar surface area (TPSA) is 83.6 Å². The third-order valence-corrected chi connectivity index (χ3v) is 4.41. The zero-order valence-electron chi connectivity index (χ0n) is 12.0. The Balaban J connectivity index is 2.20. The first-order valence-electron chi connectivity index (χ1n) is 6.89. The van der Waals surface area contributed by atoms with Crippen LogP contribution < -0.4 is 5.73 Å². The number of benzene rings is 1. The van der Waals surface area contributed by atoms with E-state index in [1.54, 1.807) is 11.8 Å². The number of nitrogens with zero attached hydrogens (tertiary/aromatic N) is 1. The quantitative estimate of drug-likeness (QED) is 0.851. The smallest absolute Gasteiger partial charge is 0.326 e. The maximum atomic E-state index is 12.5. The summed E-state index contributed by atoms with van der Waals surface area (Å²) in [4.78, 5) is 25.3. The van der Waals surface area contributed by atoms with Gasteiger partial charge in [0.05, 0.1) is 6.04 Å². The van der Waals surface area contributed by atoms with Gasteiger partial charge in [0.2, 0.25) is 5.91 Å². The number of nitrogens with two attached hydrogens (primary N) is 1. The number of thioether (sulfide) groups is 1. The molecule has 1 aliphatic rings. The molecule has 0 saturated carbocycles. The summed E-state index contributed by atoms with van der Waals surface area (Å²) in [5, 5.41) is 9.40. The lowest BCUT2D eigenvalue weighted by Crippen LogP contribution is -2.53. The summed E-state index contributed by atoms with van der Waals surface area (Å²) in [6, 6.07) is 6.18. The molecule has 1 unspecified atom stereocenters. The van der Waals surface area contributed by atoms with Crippen LogP contribution in [0, 0.1) is 0 Å². The Hall–Kier alpha value is -1.53. The summed E-state index contributed by atoms with van der Waals surface area (Å²) in [6.45, 7) is 0.318. The van der Waals surface area contributed by atoms with Gasteiger partial charge in [0.25, 0.3) is 0 Å². The summed E-state index contributed by atoms with van der Waals surface area (Å²) in [7, 11) is 0. The van der Waals surface area contributed by atoms with Gasteiger partial charge in [0, 0.05) is 13.0 Å². The standard InChI is InChI=1S/C15H20N2O3S/c1-21-7-6-12(16)14(18)17-9-11-5-3-2-4-10(11)8-13(17)15(19)20/h2-5,12-13H,6-9,16H2,1H3,(H,19,20)/t12-,13?/m0/s1. The van der Waals surface area contributed by atoms with Gasteiger partial charge in [0.15, 0.2) is 0 Å². The second-order valence-corrected chi connectivity index (χ2v) is 6.17. The summed E-state index contributed by atoms with van der Waals surface area (Å²) < 4.78 is 0. The number of hydrogen-bond acceptors (Lipinski definition) is 4. The molecule has 1 aliphatic heterocycles. The highest BCUT2D eigenvalue weighted by Gasteiger charge is 2.36. The fourth-order valence-corrected chi connectivity index (χ4v) is 3.05. The minimum Gasteiger partial charge on any atom is -0.480 e. The minimum absolute atomic E-state index is 0.272. The van der Waals surface area contributed by atoms with E-state index < -0.39 is 18.1 Å². The number of carbonyl (C=O) groups excluding carboxylic acids is 1. The van der Waals surface area contributed by atoms with Gasteiger partial charge in [-0.15, -0.1) is 0 Å². The third-order valence-electron chi connectivity index (χ3n) is 3.77. The van der Waals surface area contributed by atoms with E-state index in [0.29, 0.717) is 19.4 Å². The summed E-state index contributed by atoms with van der Waals surface area (Å²) in [5.74, 6) is -0.462. The van der Waals surface area contributed by atoms with Gasteiger partial charge in [-0.2, -0.15) is 11.8 Å². The summed E-state index contributed by atoms with van der Waals surface area (Å²) >= 11 is 1.62. The van der Waals surface area contributed by atoms with E-state index in [-0.39, 0.29) is 5.91 Å². The third kappa shape index (κ3) is 3.57. The fraction of sp³-hybridized carbons (Fsp3) is 0.467. The fourth-order valence-electron chi connectivity index (χ4n) is 2.56. The van der Waals surface area contributed by atoms with Crippen molar-refractivity contribution in [3.8, 4) is 0 Å². The van der Waals surface area contributed by atoms with Gasteiger partial charge in [-0.25, -0.2) is 4.79 Å². The van der Waals surface area contributed by atoms with Gasteiger partial charge >= 0.3 is 5.97 Å². The first-order chi connectivity index (χ1) is 10.0. The molecule has 0 fully saturated rings. The van der Waals surface area contributed by atoms with E-state index >= 15 is 0 Å². The van der Waals surface area contributed by atoms with Crippen LogP contribution in [0.1, 0.15) is 17.5 Å². The number of carbonyl (C=O) groups is 2. The first-order valence-corrected chi connectivity index (χ1v) is 8.28. The van der Waals surface area contributed by atoms with Crippen LogP contribution in [0.2, 0.25) is 0 Å². The predicted molar refractivity (Wildman–Crippen MR) is 83.1 cm³/mol. The zero-order valence-corrected chi connectivity index (χ0v) is 12.8. The van der Waals surface area contributed by atoms with Crippen LogP contribution in [0.5, 0.6) is 0 Å². The highest BCUT2D eigenvalue weighted by Crippen LogP contribution is 2.24. The summed E-state index contributed by atoms with van der Waals surface area (Å²) in [6.07, 6.45) is 2.85. The Bertz CT molecular complexity index is 535. The van der Waals surface area contributed by atoms with Crippen LogP contribution >= 0.6 is 11.8 Å². The Morgan fingerprint density at radius 1 is 1.43 bits per heavy atom. The van der Waals surface area contributed by atoms with Crippen molar-refractivity contribution in [1.29, 1.82) is 0 Å². The molecule has 1 aromatic rings. The summed E-state index contributed by atoms with van der Waals surface area (Å²) in [5.41, 5.74) is 7.91. The zero-order chi connectivity index (χ0) is 15.4. The van der Waals surface area contributed by atoms with Crippen molar-refractivity contribution in [3.05, 3.63) is 35.4 Å². The average Bonchev–Trinajstić information content (AvgIpc) is 2.50. The van der Waals surface area contributed by atoms with Crippen molar-refractivity contribution in [2.24, 2.45) is 5.73 Å². The van der Waals surface area contributed by atoms with Crippen molar-refractivity contribution in [2.45, 2.75) is 31.5 Å². The molecule has 0 spiro atoms. The van der Waals surface area contributed by atoms with Crippen LogP contribution in [0.15, 0.2) is 24.3 Å². The van der Waals surface area contributed by atoms with E-state index in [1.165, 1.54) is 4.90 Å². The first kappa shape index (κ1) is 15.9. The number of carboxylic acids is 1. The molecule has 2 atom stereocenters. The van der Waals surface area contributed by atoms with Crippen LogP contribution in [0.4, 0.5) is 0 Å². The molecule has 6 heteroatoms. The number of carboxylic acid groups (broad SMARTS) is 1. The Morgan fingerprint density at radius 3 is 2.71 bits per heavy atom. The molecule has 0 aliphatic carbocycles. The molecule has 3 N–H and O–H groups in total. The van der Waals surface area contributed by atoms with Crippen molar-refractivity contribution in [2.75, 3.05) is 12.0 Å². The number of rotatable bonds is 5. The van der Waals surface area contributed by atoms with Gasteiger partial charge in [-0.3, -0.25) is 4.79 Å². The lowest BCUT2D eigenvalue weighted by Gasteiger charge is -2.35. The molecule has 114 valence electrons. The van der Waals surface area contributed by atoms with Crippen molar-refractivity contribution >= 4 is 23.6 Å². The van der Waals surface area contributed by atoms with Gasteiger partial charge in [-0.1, -0.05) is 24.3 Å². The van der Waals surface area contributed by atoms with Crippen molar-refractivity contribution in [1.82, 2.24) is 4.90 Å². The highest BCUT2D eigenvalue weighted by molar-refractivity contribution is 7.98. The Kier molecular flexibility index (Phi) is 5.25. The van der Waals surface area contributed by atoms with Gasteiger partial charge in [-0.05, 0) is 29.6 Å². The van der Waals surface area contributed by atoms with Crippen LogP contribution in [-0.2, 0) is 22.6 Å². The molecule has 1 amide bonds. The minimum atomic E-state index is -0.977. The lowest BCUT2D eigenvalue weighted by molar-refractivity contribution is -0.152. The second kappa shape index (κ2) is 6.95. The van der Waals surface area contributed by atoms with Crippen molar-refractivity contribution < 1.29 is 14.7 Å².